The van der Waals surface area contributed by atoms with E-state index in [0.717, 1.165) is 19.3 Å². The molecule has 0 aliphatic carbocycles. The minimum atomic E-state index is -1.31. The third kappa shape index (κ3) is 18.9. The number of carbonyl (C=O) groups excluding carboxylic acids is 2. The number of carboxylic acids is 2. The quantitative estimate of drug-likeness (QED) is 0.253. The molecule has 112 valence electrons. The predicted octanol–water partition coefficient (Wildman–Crippen LogP) is -4.58. The van der Waals surface area contributed by atoms with Gasteiger partial charge in [-0.1, -0.05) is 64.7 Å². The van der Waals surface area contributed by atoms with Gasteiger partial charge < -0.3 is 19.8 Å². The SMILES string of the molecule is CCCCCCCCCCCC(CC(=O)[O-])C(=O)[O-].[Na+].[Na+]. The Morgan fingerprint density at radius 1 is 0.810 bits per heavy atom. The van der Waals surface area contributed by atoms with Gasteiger partial charge >= 0.3 is 59.1 Å². The Labute approximate surface area is 173 Å². The number of carbonyl (C=O) groups is 2. The molecule has 1 atom stereocenters. The van der Waals surface area contributed by atoms with Gasteiger partial charge in [0, 0.05) is 17.9 Å². The zero-order valence-electron chi connectivity index (χ0n) is 14.0. The van der Waals surface area contributed by atoms with Gasteiger partial charge in [-0.05, 0) is 12.8 Å². The van der Waals surface area contributed by atoms with Crippen LogP contribution in [-0.2, 0) is 9.59 Å². The molecule has 0 N–H and O–H groups in total. The third-order valence-electron chi connectivity index (χ3n) is 3.40. The fraction of sp³-hybridized carbons (Fsp3) is 0.867. The van der Waals surface area contributed by atoms with Gasteiger partial charge in [-0.25, -0.2) is 0 Å². The van der Waals surface area contributed by atoms with Crippen molar-refractivity contribution in [3.63, 3.8) is 0 Å². The first kappa shape index (κ1) is 26.8. The maximum atomic E-state index is 10.7. The van der Waals surface area contributed by atoms with Gasteiger partial charge in [0.25, 0.3) is 0 Å². The van der Waals surface area contributed by atoms with Crippen LogP contribution in [0.1, 0.15) is 77.6 Å². The molecule has 0 radical (unpaired) electrons. The largest absolute Gasteiger partial charge is 1.00 e. The molecule has 21 heavy (non-hydrogen) atoms. The Bertz CT molecular complexity index is 260. The number of hydrogen-bond acceptors (Lipinski definition) is 4. The van der Waals surface area contributed by atoms with Crippen LogP contribution in [0.3, 0.4) is 0 Å². The number of carboxylic acid groups (broad SMARTS) is 2. The van der Waals surface area contributed by atoms with Crippen LogP contribution in [0.2, 0.25) is 0 Å². The smallest absolute Gasteiger partial charge is 0.550 e. The van der Waals surface area contributed by atoms with Crippen LogP contribution in [0.15, 0.2) is 0 Å². The van der Waals surface area contributed by atoms with E-state index in [0.29, 0.717) is 6.42 Å². The molecule has 0 rings (SSSR count). The van der Waals surface area contributed by atoms with Gasteiger partial charge in [0.1, 0.15) is 0 Å². The molecule has 0 aliphatic rings. The van der Waals surface area contributed by atoms with Crippen molar-refractivity contribution in [3.05, 3.63) is 0 Å². The maximum Gasteiger partial charge on any atom is 1.00 e. The average molecular weight is 316 g/mol. The standard InChI is InChI=1S/C15H28O4.2Na/c1-2-3-4-5-6-7-8-9-10-11-13(15(18)19)12-14(16)17;;/h13H,2-12H2,1H3,(H,16,17)(H,18,19);;/q;2*+1/p-2. The minimum absolute atomic E-state index is 0. The molecule has 0 saturated carbocycles. The number of hydrogen-bond donors (Lipinski definition) is 0. The number of unbranched alkanes of at least 4 members (excludes halogenated alkanes) is 8. The first-order valence-corrected chi connectivity index (χ1v) is 7.48. The summed E-state index contributed by atoms with van der Waals surface area (Å²) in [7, 11) is 0. The van der Waals surface area contributed by atoms with Crippen LogP contribution in [0.25, 0.3) is 0 Å². The molecule has 0 bridgehead atoms. The number of aliphatic carboxylic acids is 2. The average Bonchev–Trinajstić information content (AvgIpc) is 2.34. The van der Waals surface area contributed by atoms with Crippen LogP contribution in [0.4, 0.5) is 0 Å². The molecule has 0 amide bonds. The molecule has 6 heteroatoms. The van der Waals surface area contributed by atoms with Crippen molar-refractivity contribution in [3.8, 4) is 0 Å². The predicted molar refractivity (Wildman–Crippen MR) is 70.0 cm³/mol. The van der Waals surface area contributed by atoms with Crippen LogP contribution < -0.4 is 69.3 Å². The van der Waals surface area contributed by atoms with Crippen LogP contribution in [0.5, 0.6) is 0 Å². The van der Waals surface area contributed by atoms with E-state index in [9.17, 15) is 19.8 Å². The summed E-state index contributed by atoms with van der Waals surface area (Å²) in [5.74, 6) is -3.48. The first-order chi connectivity index (χ1) is 9.07. The molecule has 0 saturated heterocycles. The second kappa shape index (κ2) is 19.0. The second-order valence-corrected chi connectivity index (χ2v) is 5.21. The van der Waals surface area contributed by atoms with E-state index in [2.05, 4.69) is 6.92 Å². The van der Waals surface area contributed by atoms with Gasteiger partial charge in [0.15, 0.2) is 0 Å². The Morgan fingerprint density at radius 2 is 1.24 bits per heavy atom. The summed E-state index contributed by atoms with van der Waals surface area (Å²) < 4.78 is 0. The van der Waals surface area contributed by atoms with Crippen molar-refractivity contribution in [1.82, 2.24) is 0 Å². The molecule has 1 unspecified atom stereocenters. The van der Waals surface area contributed by atoms with Crippen molar-refractivity contribution in [2.75, 3.05) is 0 Å². The van der Waals surface area contributed by atoms with Crippen LogP contribution >= 0.6 is 0 Å². The van der Waals surface area contributed by atoms with Crippen LogP contribution in [-0.4, -0.2) is 11.9 Å². The van der Waals surface area contributed by atoms with Gasteiger partial charge in [0.05, 0.1) is 0 Å². The molecule has 0 heterocycles. The molecule has 0 aromatic carbocycles. The fourth-order valence-corrected chi connectivity index (χ4v) is 2.21. The van der Waals surface area contributed by atoms with E-state index in [1.807, 2.05) is 0 Å². The summed E-state index contributed by atoms with van der Waals surface area (Å²) in [4.78, 5) is 21.1. The number of rotatable bonds is 13. The molecular formula is C15H26Na2O4. The molecular weight excluding hydrogens is 290 g/mol. The topological polar surface area (TPSA) is 80.3 Å². The van der Waals surface area contributed by atoms with Crippen molar-refractivity contribution < 1.29 is 78.9 Å². The zero-order valence-corrected chi connectivity index (χ0v) is 18.0. The molecule has 0 spiro atoms. The summed E-state index contributed by atoms with van der Waals surface area (Å²) >= 11 is 0. The van der Waals surface area contributed by atoms with E-state index in [1.165, 1.54) is 38.5 Å². The molecule has 0 fully saturated rings. The van der Waals surface area contributed by atoms with Gasteiger partial charge in [-0.15, -0.1) is 0 Å². The van der Waals surface area contributed by atoms with Crippen molar-refractivity contribution in [1.29, 1.82) is 0 Å². The minimum Gasteiger partial charge on any atom is -0.550 e. The maximum absolute atomic E-state index is 10.7. The zero-order chi connectivity index (χ0) is 14.5. The Hall–Kier alpha value is 0.940. The molecule has 4 nitrogen and oxygen atoms in total. The summed E-state index contributed by atoms with van der Waals surface area (Å²) in [5, 5.41) is 21.1. The van der Waals surface area contributed by atoms with Crippen molar-refractivity contribution >= 4 is 11.9 Å². The van der Waals surface area contributed by atoms with Crippen molar-refractivity contribution in [2.24, 2.45) is 5.92 Å². The van der Waals surface area contributed by atoms with Gasteiger partial charge in [-0.3, -0.25) is 0 Å². The summed E-state index contributed by atoms with van der Waals surface area (Å²) in [6.45, 7) is 2.19. The van der Waals surface area contributed by atoms with E-state index in [-0.39, 0.29) is 59.1 Å². The molecule has 0 aromatic heterocycles. The molecule has 0 aliphatic heterocycles. The van der Waals surface area contributed by atoms with Gasteiger partial charge in [-0.2, -0.15) is 0 Å². The van der Waals surface area contributed by atoms with Crippen molar-refractivity contribution in [2.45, 2.75) is 77.6 Å². The van der Waals surface area contributed by atoms with Crippen LogP contribution in [0, 0.1) is 5.92 Å². The summed E-state index contributed by atoms with van der Waals surface area (Å²) in [6, 6.07) is 0. The molecule has 0 aromatic rings. The Morgan fingerprint density at radius 3 is 1.62 bits per heavy atom. The Balaban J connectivity index is -0.00000162. The fourth-order valence-electron chi connectivity index (χ4n) is 2.21. The first-order valence-electron chi connectivity index (χ1n) is 7.48. The third-order valence-corrected chi connectivity index (χ3v) is 3.40. The monoisotopic (exact) mass is 316 g/mol. The van der Waals surface area contributed by atoms with E-state index >= 15 is 0 Å². The van der Waals surface area contributed by atoms with Gasteiger partial charge in [0.2, 0.25) is 0 Å². The van der Waals surface area contributed by atoms with E-state index < -0.39 is 24.3 Å². The summed E-state index contributed by atoms with van der Waals surface area (Å²) in [6.07, 6.45) is 10.3. The second-order valence-electron chi connectivity index (χ2n) is 5.21. The summed E-state index contributed by atoms with van der Waals surface area (Å²) in [5.41, 5.74) is 0. The normalized spacial score (nSPS) is 11.1. The Kier molecular flexibility index (Phi) is 24.2. The van der Waals surface area contributed by atoms with E-state index in [1.54, 1.807) is 0 Å². The van der Waals surface area contributed by atoms with E-state index in [4.69, 9.17) is 0 Å².